The molecule has 0 heterocycles. The zero-order valence-corrected chi connectivity index (χ0v) is 15.8. The molecule has 0 saturated heterocycles. The molecular formula is C18H28N2O4S. The van der Waals surface area contributed by atoms with E-state index in [1.807, 2.05) is 6.92 Å². The maximum atomic E-state index is 13.1. The molecule has 0 aliphatic heterocycles. The van der Waals surface area contributed by atoms with Crippen molar-refractivity contribution in [3.05, 3.63) is 30.3 Å². The molecule has 2 rings (SSSR count). The summed E-state index contributed by atoms with van der Waals surface area (Å²) in [5, 5.41) is 2.80. The van der Waals surface area contributed by atoms with Crippen molar-refractivity contribution in [1.82, 2.24) is 9.62 Å². The Balaban J connectivity index is 2.20. The van der Waals surface area contributed by atoms with Crippen LogP contribution in [-0.4, -0.2) is 51.0 Å². The fourth-order valence-corrected chi connectivity index (χ4v) is 4.92. The smallest absolute Gasteiger partial charge is 0.243 e. The van der Waals surface area contributed by atoms with E-state index in [1.54, 1.807) is 37.4 Å². The largest absolute Gasteiger partial charge is 0.383 e. The fraction of sp³-hybridized carbons (Fsp3) is 0.611. The molecule has 1 aliphatic rings. The van der Waals surface area contributed by atoms with E-state index in [0.717, 1.165) is 32.1 Å². The van der Waals surface area contributed by atoms with Crippen LogP contribution in [0.3, 0.4) is 0 Å². The van der Waals surface area contributed by atoms with Crippen LogP contribution in [-0.2, 0) is 19.6 Å². The summed E-state index contributed by atoms with van der Waals surface area (Å²) in [5.74, 6) is -0.297. The first kappa shape index (κ1) is 19.9. The van der Waals surface area contributed by atoms with E-state index in [0.29, 0.717) is 6.61 Å². The van der Waals surface area contributed by atoms with E-state index in [2.05, 4.69) is 5.32 Å². The highest BCUT2D eigenvalue weighted by Gasteiger charge is 2.34. The predicted octanol–water partition coefficient (Wildman–Crippen LogP) is 2.16. The summed E-state index contributed by atoms with van der Waals surface area (Å²) in [6, 6.07) is 8.06. The predicted molar refractivity (Wildman–Crippen MR) is 96.7 cm³/mol. The van der Waals surface area contributed by atoms with Crippen LogP contribution in [0.5, 0.6) is 0 Å². The molecule has 0 radical (unpaired) electrons. The van der Waals surface area contributed by atoms with Gasteiger partial charge in [-0.1, -0.05) is 37.5 Å². The van der Waals surface area contributed by atoms with Gasteiger partial charge in [-0.05, 0) is 31.9 Å². The zero-order valence-electron chi connectivity index (χ0n) is 15.0. The van der Waals surface area contributed by atoms with Gasteiger partial charge in [-0.25, -0.2) is 8.42 Å². The number of ether oxygens (including phenoxy) is 1. The van der Waals surface area contributed by atoms with Gasteiger partial charge in [-0.3, -0.25) is 4.79 Å². The Labute approximate surface area is 150 Å². The van der Waals surface area contributed by atoms with E-state index < -0.39 is 10.0 Å². The second kappa shape index (κ2) is 9.31. The van der Waals surface area contributed by atoms with Crippen LogP contribution in [0.1, 0.15) is 39.0 Å². The quantitative estimate of drug-likeness (QED) is 0.763. The molecule has 0 bridgehead atoms. The van der Waals surface area contributed by atoms with Gasteiger partial charge in [0, 0.05) is 19.2 Å². The third-order valence-corrected chi connectivity index (χ3v) is 6.37. The first-order valence-electron chi connectivity index (χ1n) is 8.80. The van der Waals surface area contributed by atoms with Crippen molar-refractivity contribution in [3.63, 3.8) is 0 Å². The molecule has 7 heteroatoms. The summed E-state index contributed by atoms with van der Waals surface area (Å²) in [6.07, 6.45) is 4.70. The number of hydrogen-bond acceptors (Lipinski definition) is 4. The van der Waals surface area contributed by atoms with Crippen molar-refractivity contribution in [2.24, 2.45) is 0 Å². The molecule has 0 unspecified atom stereocenters. The van der Waals surface area contributed by atoms with Crippen LogP contribution in [0, 0.1) is 0 Å². The van der Waals surface area contributed by atoms with Gasteiger partial charge in [0.25, 0.3) is 0 Å². The highest BCUT2D eigenvalue weighted by Crippen LogP contribution is 2.27. The number of amides is 1. The second-order valence-corrected chi connectivity index (χ2v) is 8.47. The molecule has 1 saturated carbocycles. The average molecular weight is 368 g/mol. The molecule has 1 atom stereocenters. The molecule has 1 amide bonds. The van der Waals surface area contributed by atoms with Crippen LogP contribution < -0.4 is 5.32 Å². The summed E-state index contributed by atoms with van der Waals surface area (Å²) >= 11 is 0. The number of carbonyl (C=O) groups excluding carboxylic acids is 1. The summed E-state index contributed by atoms with van der Waals surface area (Å²) in [4.78, 5) is 12.6. The molecule has 1 fully saturated rings. The Morgan fingerprint density at radius 3 is 2.48 bits per heavy atom. The summed E-state index contributed by atoms with van der Waals surface area (Å²) < 4.78 is 32.6. The van der Waals surface area contributed by atoms with E-state index in [4.69, 9.17) is 4.74 Å². The Morgan fingerprint density at radius 2 is 1.88 bits per heavy atom. The zero-order chi connectivity index (χ0) is 18.3. The number of sulfonamides is 1. The Kier molecular flexibility index (Phi) is 7.40. The average Bonchev–Trinajstić information content (AvgIpc) is 2.61. The van der Waals surface area contributed by atoms with Gasteiger partial charge >= 0.3 is 0 Å². The van der Waals surface area contributed by atoms with Gasteiger partial charge in [0.2, 0.25) is 15.9 Å². The first-order chi connectivity index (χ1) is 11.9. The van der Waals surface area contributed by atoms with Gasteiger partial charge in [0.15, 0.2) is 0 Å². The van der Waals surface area contributed by atoms with Crippen molar-refractivity contribution in [3.8, 4) is 0 Å². The van der Waals surface area contributed by atoms with E-state index in [1.165, 1.54) is 4.31 Å². The number of carbonyl (C=O) groups is 1. The molecular weight excluding hydrogens is 340 g/mol. The molecule has 1 aliphatic carbocycles. The lowest BCUT2D eigenvalue weighted by Crippen LogP contribution is -2.49. The monoisotopic (exact) mass is 368 g/mol. The summed E-state index contributed by atoms with van der Waals surface area (Å²) in [7, 11) is -2.14. The number of rotatable bonds is 8. The molecule has 1 aromatic carbocycles. The number of nitrogens with zero attached hydrogens (tertiary/aromatic N) is 1. The van der Waals surface area contributed by atoms with Crippen molar-refractivity contribution in [1.29, 1.82) is 0 Å². The number of benzene rings is 1. The molecule has 0 spiro atoms. The summed E-state index contributed by atoms with van der Waals surface area (Å²) in [6.45, 7) is 2.06. The van der Waals surface area contributed by atoms with Crippen molar-refractivity contribution >= 4 is 15.9 Å². The SMILES string of the molecule is COC[C@H](C)NC(=O)CN(C1CCCCC1)S(=O)(=O)c1ccccc1. The van der Waals surface area contributed by atoms with Crippen LogP contribution in [0.4, 0.5) is 0 Å². The van der Waals surface area contributed by atoms with Crippen molar-refractivity contribution in [2.75, 3.05) is 20.3 Å². The van der Waals surface area contributed by atoms with Crippen LogP contribution >= 0.6 is 0 Å². The van der Waals surface area contributed by atoms with Crippen molar-refractivity contribution in [2.45, 2.75) is 56.0 Å². The summed E-state index contributed by atoms with van der Waals surface area (Å²) in [5.41, 5.74) is 0. The first-order valence-corrected chi connectivity index (χ1v) is 10.2. The van der Waals surface area contributed by atoms with Gasteiger partial charge < -0.3 is 10.1 Å². The lowest BCUT2D eigenvalue weighted by atomic mass is 9.95. The Hall–Kier alpha value is -1.44. The van der Waals surface area contributed by atoms with Crippen LogP contribution in [0.15, 0.2) is 35.2 Å². The van der Waals surface area contributed by atoms with Gasteiger partial charge in [-0.2, -0.15) is 4.31 Å². The number of nitrogens with one attached hydrogen (secondary N) is 1. The highest BCUT2D eigenvalue weighted by atomic mass is 32.2. The maximum absolute atomic E-state index is 13.1. The minimum Gasteiger partial charge on any atom is -0.383 e. The van der Waals surface area contributed by atoms with Gasteiger partial charge in [-0.15, -0.1) is 0 Å². The van der Waals surface area contributed by atoms with E-state index in [9.17, 15) is 13.2 Å². The maximum Gasteiger partial charge on any atom is 0.243 e. The van der Waals surface area contributed by atoms with Crippen molar-refractivity contribution < 1.29 is 17.9 Å². The standard InChI is InChI=1S/C18H28N2O4S/c1-15(14-24-2)19-18(21)13-20(16-9-5-3-6-10-16)25(22,23)17-11-7-4-8-12-17/h4,7-8,11-12,15-16H,3,5-6,9-10,13-14H2,1-2H3,(H,19,21)/t15-/m0/s1. The van der Waals surface area contributed by atoms with E-state index in [-0.39, 0.29) is 29.4 Å². The molecule has 140 valence electrons. The lowest BCUT2D eigenvalue weighted by Gasteiger charge is -2.33. The minimum absolute atomic E-state index is 0.123. The van der Waals surface area contributed by atoms with Gasteiger partial charge in [0.1, 0.15) is 0 Å². The van der Waals surface area contributed by atoms with Crippen LogP contribution in [0.25, 0.3) is 0 Å². The highest BCUT2D eigenvalue weighted by molar-refractivity contribution is 7.89. The minimum atomic E-state index is -3.70. The number of methoxy groups -OCH3 is 1. The lowest BCUT2D eigenvalue weighted by molar-refractivity contribution is -0.122. The van der Waals surface area contributed by atoms with Gasteiger partial charge in [0.05, 0.1) is 18.0 Å². The Morgan fingerprint density at radius 1 is 1.24 bits per heavy atom. The molecule has 1 N–H and O–H groups in total. The Bertz CT molecular complexity index is 642. The normalized spacial score (nSPS) is 17.4. The van der Waals surface area contributed by atoms with E-state index >= 15 is 0 Å². The fourth-order valence-electron chi connectivity index (χ4n) is 3.26. The molecule has 6 nitrogen and oxygen atoms in total. The third kappa shape index (κ3) is 5.52. The molecule has 1 aromatic rings. The number of hydrogen-bond donors (Lipinski definition) is 1. The molecule has 25 heavy (non-hydrogen) atoms. The topological polar surface area (TPSA) is 75.7 Å². The third-order valence-electron chi connectivity index (χ3n) is 4.46. The second-order valence-electron chi connectivity index (χ2n) is 6.58. The van der Waals surface area contributed by atoms with Crippen LogP contribution in [0.2, 0.25) is 0 Å². The molecule has 0 aromatic heterocycles.